The maximum absolute atomic E-state index is 6.22. The Hall–Kier alpha value is -4.68. The molecule has 0 bridgehead atoms. The van der Waals surface area contributed by atoms with Crippen molar-refractivity contribution in [1.29, 1.82) is 0 Å². The number of benzene rings is 3. The van der Waals surface area contributed by atoms with Crippen molar-refractivity contribution >= 4 is 50.2 Å². The van der Waals surface area contributed by atoms with Crippen molar-refractivity contribution in [3.05, 3.63) is 114 Å². The van der Waals surface area contributed by atoms with E-state index < -0.39 is 0 Å². The van der Waals surface area contributed by atoms with Crippen molar-refractivity contribution in [2.75, 3.05) is 4.90 Å². The van der Waals surface area contributed by atoms with Crippen molar-refractivity contribution < 1.29 is 8.83 Å². The number of hydrogen-bond acceptors (Lipinski definition) is 6. The van der Waals surface area contributed by atoms with Crippen molar-refractivity contribution in [3.8, 4) is 22.4 Å². The third kappa shape index (κ3) is 3.31. The number of furan rings is 1. The summed E-state index contributed by atoms with van der Waals surface area (Å²) in [5.74, 6) is 1.14. The van der Waals surface area contributed by atoms with E-state index in [0.29, 0.717) is 17.3 Å². The molecule has 0 fully saturated rings. The average Bonchev–Trinajstić information content (AvgIpc) is 3.70. The van der Waals surface area contributed by atoms with Crippen molar-refractivity contribution in [1.82, 2.24) is 9.97 Å². The number of aryl methyl sites for hydroxylation is 2. The minimum absolute atomic E-state index is 0.392. The molecule has 0 aliphatic heterocycles. The van der Waals surface area contributed by atoms with E-state index in [1.165, 1.54) is 26.8 Å². The van der Waals surface area contributed by atoms with E-state index in [4.69, 9.17) is 18.8 Å². The molecule has 1 aliphatic rings. The zero-order valence-electron chi connectivity index (χ0n) is 20.3. The second kappa shape index (κ2) is 8.43. The van der Waals surface area contributed by atoms with Gasteiger partial charge in [0.25, 0.3) is 0 Å². The number of thiophene rings is 1. The van der Waals surface area contributed by atoms with Gasteiger partial charge in [0.2, 0.25) is 0 Å². The molecule has 0 saturated heterocycles. The third-order valence-electron chi connectivity index (χ3n) is 7.23. The molecule has 0 saturated carbocycles. The summed E-state index contributed by atoms with van der Waals surface area (Å²) in [6, 6.07) is 31.6. The normalized spacial score (nSPS) is 12.5. The van der Waals surface area contributed by atoms with E-state index >= 15 is 0 Å². The molecule has 1 aliphatic carbocycles. The Morgan fingerprint density at radius 2 is 1.55 bits per heavy atom. The summed E-state index contributed by atoms with van der Waals surface area (Å²) in [6.45, 7) is 0. The first-order valence-electron chi connectivity index (χ1n) is 12.6. The van der Waals surface area contributed by atoms with E-state index in [0.717, 1.165) is 41.2 Å². The molecule has 4 aromatic heterocycles. The van der Waals surface area contributed by atoms with Crippen LogP contribution in [-0.4, -0.2) is 9.97 Å². The number of nitrogens with zero attached hydrogens (tertiary/aromatic N) is 3. The first-order chi connectivity index (χ1) is 18.8. The summed E-state index contributed by atoms with van der Waals surface area (Å²) in [5, 5.41) is 3.43. The van der Waals surface area contributed by atoms with Gasteiger partial charge in [0, 0.05) is 15.6 Å². The molecule has 4 heterocycles. The maximum Gasteiger partial charge on any atom is 0.320 e. The van der Waals surface area contributed by atoms with Crippen LogP contribution in [0.15, 0.2) is 111 Å². The fourth-order valence-corrected chi connectivity index (χ4v) is 6.21. The predicted molar refractivity (Wildman–Crippen MR) is 152 cm³/mol. The molecule has 0 atom stereocenters. The Bertz CT molecular complexity index is 1940. The van der Waals surface area contributed by atoms with Gasteiger partial charge in [-0.15, -0.1) is 11.3 Å². The van der Waals surface area contributed by atoms with Crippen LogP contribution in [-0.2, 0) is 12.8 Å². The lowest BCUT2D eigenvalue weighted by molar-refractivity contribution is 0.479. The van der Waals surface area contributed by atoms with Crippen LogP contribution in [0.3, 0.4) is 0 Å². The number of hydrogen-bond donors (Lipinski definition) is 0. The lowest BCUT2D eigenvalue weighted by atomic mass is 9.87. The smallest absolute Gasteiger partial charge is 0.320 e. The summed E-state index contributed by atoms with van der Waals surface area (Å²) in [4.78, 5) is 12.2. The van der Waals surface area contributed by atoms with Gasteiger partial charge in [-0.1, -0.05) is 60.7 Å². The zero-order valence-corrected chi connectivity index (χ0v) is 21.1. The predicted octanol–water partition coefficient (Wildman–Crippen LogP) is 8.93. The fraction of sp³-hybridized carbons (Fsp3) is 0.0625. The van der Waals surface area contributed by atoms with Crippen LogP contribution in [0.5, 0.6) is 0 Å². The van der Waals surface area contributed by atoms with E-state index in [1.807, 2.05) is 65.6 Å². The van der Waals surface area contributed by atoms with Crippen molar-refractivity contribution in [2.45, 2.75) is 12.8 Å². The molecular weight excluding hydrogens is 490 g/mol. The highest BCUT2D eigenvalue weighted by molar-refractivity contribution is 7.17. The number of pyridine rings is 1. The number of oxazole rings is 1. The van der Waals surface area contributed by atoms with Crippen LogP contribution in [0, 0.1) is 0 Å². The largest absolute Gasteiger partial charge is 0.432 e. The molecule has 3 aromatic carbocycles. The second-order valence-electron chi connectivity index (χ2n) is 9.43. The minimum atomic E-state index is 0.392. The van der Waals surface area contributed by atoms with Crippen LogP contribution in [0.4, 0.5) is 17.5 Å². The lowest BCUT2D eigenvalue weighted by Gasteiger charge is -2.24. The SMILES string of the molecule is c1ccc(-c2coc3oc(N(c4ccccc4)c4ccc5c(n4)-c4c(ccc6sccc46)CC5)nc23)cc1. The molecule has 8 rings (SSSR count). The van der Waals surface area contributed by atoms with Crippen LogP contribution in [0.25, 0.3) is 43.8 Å². The molecular formula is C32H21N3O2S. The standard InChI is InChI=1S/C32H21N3O2S/c1-3-7-20(8-4-1)25-19-36-31-30(25)34-32(37-31)35(23-9-5-2-6-10-23)27-16-14-22-12-11-21-13-15-26-24(17-18-38-26)28(21)29(22)33-27/h1-10,13-19H,11-12H2. The van der Waals surface area contributed by atoms with E-state index in [9.17, 15) is 0 Å². The zero-order chi connectivity index (χ0) is 25.1. The molecule has 0 unspecified atom stereocenters. The van der Waals surface area contributed by atoms with E-state index in [2.05, 4.69) is 35.7 Å². The summed E-state index contributed by atoms with van der Waals surface area (Å²) in [7, 11) is 0. The Balaban J connectivity index is 1.32. The maximum atomic E-state index is 6.22. The van der Waals surface area contributed by atoms with Gasteiger partial charge >= 0.3 is 11.8 Å². The van der Waals surface area contributed by atoms with Crippen LogP contribution >= 0.6 is 11.3 Å². The number of aromatic nitrogens is 2. The van der Waals surface area contributed by atoms with Gasteiger partial charge in [0.15, 0.2) is 5.52 Å². The van der Waals surface area contributed by atoms with Crippen molar-refractivity contribution in [2.24, 2.45) is 0 Å². The number of anilines is 3. The fourth-order valence-electron chi connectivity index (χ4n) is 5.42. The highest BCUT2D eigenvalue weighted by Gasteiger charge is 2.26. The number of fused-ring (bicyclic) bond motifs is 6. The number of para-hydroxylation sites is 1. The first kappa shape index (κ1) is 21.4. The quantitative estimate of drug-likeness (QED) is 0.236. The van der Waals surface area contributed by atoms with Gasteiger partial charge in [-0.3, -0.25) is 0 Å². The number of rotatable bonds is 4. The highest BCUT2D eigenvalue weighted by atomic mass is 32.1. The summed E-state index contributed by atoms with van der Waals surface area (Å²) in [5.41, 5.74) is 8.42. The molecule has 5 nitrogen and oxygen atoms in total. The minimum Gasteiger partial charge on any atom is -0.432 e. The first-order valence-corrected chi connectivity index (χ1v) is 13.5. The Kier molecular flexibility index (Phi) is 4.75. The van der Waals surface area contributed by atoms with Crippen LogP contribution in [0.1, 0.15) is 11.1 Å². The summed E-state index contributed by atoms with van der Waals surface area (Å²) in [6.07, 6.45) is 3.70. The molecule has 0 N–H and O–H groups in total. The van der Waals surface area contributed by atoms with Crippen molar-refractivity contribution in [3.63, 3.8) is 0 Å². The van der Waals surface area contributed by atoms with Gasteiger partial charge in [0.05, 0.1) is 16.9 Å². The Labute approximate surface area is 222 Å². The summed E-state index contributed by atoms with van der Waals surface area (Å²) >= 11 is 1.77. The van der Waals surface area contributed by atoms with E-state index in [-0.39, 0.29) is 0 Å². The molecule has 38 heavy (non-hydrogen) atoms. The Morgan fingerprint density at radius 3 is 2.42 bits per heavy atom. The molecule has 7 aromatic rings. The second-order valence-corrected chi connectivity index (χ2v) is 10.4. The topological polar surface area (TPSA) is 55.3 Å². The lowest BCUT2D eigenvalue weighted by Crippen LogP contribution is -2.14. The van der Waals surface area contributed by atoms with Gasteiger partial charge in [-0.05, 0) is 65.2 Å². The third-order valence-corrected chi connectivity index (χ3v) is 8.11. The van der Waals surface area contributed by atoms with Gasteiger partial charge in [-0.25, -0.2) is 9.88 Å². The van der Waals surface area contributed by atoms with Crippen LogP contribution in [0.2, 0.25) is 0 Å². The van der Waals surface area contributed by atoms with Gasteiger partial charge in [-0.2, -0.15) is 4.98 Å². The Morgan fingerprint density at radius 1 is 0.763 bits per heavy atom. The van der Waals surface area contributed by atoms with Crippen LogP contribution < -0.4 is 4.90 Å². The summed E-state index contributed by atoms with van der Waals surface area (Å²) < 4.78 is 13.3. The molecule has 182 valence electrons. The highest BCUT2D eigenvalue weighted by Crippen LogP contribution is 2.43. The molecule has 0 amide bonds. The van der Waals surface area contributed by atoms with E-state index in [1.54, 1.807) is 17.6 Å². The average molecular weight is 512 g/mol. The van der Waals surface area contributed by atoms with Gasteiger partial charge < -0.3 is 8.83 Å². The molecule has 0 radical (unpaired) electrons. The molecule has 0 spiro atoms. The molecule has 6 heteroatoms. The monoisotopic (exact) mass is 511 g/mol. The van der Waals surface area contributed by atoms with Gasteiger partial charge in [0.1, 0.15) is 12.1 Å².